The van der Waals surface area contributed by atoms with Crippen molar-refractivity contribution in [2.45, 2.75) is 31.7 Å². The van der Waals surface area contributed by atoms with Gasteiger partial charge in [-0.1, -0.05) is 12.1 Å². The summed E-state index contributed by atoms with van der Waals surface area (Å²) in [6, 6.07) is 7.86. The summed E-state index contributed by atoms with van der Waals surface area (Å²) < 4.78 is 26.0. The second kappa shape index (κ2) is 7.27. The second-order valence-corrected chi connectivity index (χ2v) is 4.72. The molecule has 0 spiro atoms. The van der Waals surface area contributed by atoms with Crippen LogP contribution in [0.25, 0.3) is 0 Å². The summed E-state index contributed by atoms with van der Waals surface area (Å²) in [7, 11) is 0. The van der Waals surface area contributed by atoms with Crippen LogP contribution in [0, 0.1) is 0 Å². The lowest BCUT2D eigenvalue weighted by atomic mass is 10.0. The Balaban J connectivity index is 0.00000162. The first kappa shape index (κ1) is 18.4. The molecule has 2 nitrogen and oxygen atoms in total. The number of halogens is 4. The molecule has 1 fully saturated rings. The molecule has 1 unspecified atom stereocenters. The zero-order chi connectivity index (χ0) is 12.5. The minimum absolute atomic E-state index is 0. The highest BCUT2D eigenvalue weighted by molar-refractivity contribution is 5.85. The van der Waals surface area contributed by atoms with Gasteiger partial charge < -0.3 is 10.6 Å². The number of nitrogens with two attached hydrogens (primary N) is 1. The molecule has 0 amide bonds. The molecule has 1 heterocycles. The maximum atomic E-state index is 13.0. The van der Waals surface area contributed by atoms with Gasteiger partial charge in [0.2, 0.25) is 0 Å². The zero-order valence-corrected chi connectivity index (χ0v) is 12.4. The van der Waals surface area contributed by atoms with Crippen molar-refractivity contribution in [2.75, 3.05) is 18.0 Å². The lowest BCUT2D eigenvalue weighted by molar-refractivity contribution is -0.0220. The molecule has 1 atom stereocenters. The van der Waals surface area contributed by atoms with E-state index in [4.69, 9.17) is 5.73 Å². The number of hydrogen-bond donors (Lipinski definition) is 1. The van der Waals surface area contributed by atoms with Gasteiger partial charge in [0.15, 0.2) is 0 Å². The quantitative estimate of drug-likeness (QED) is 0.900. The minimum Gasteiger partial charge on any atom is -0.371 e. The van der Waals surface area contributed by atoms with Gasteiger partial charge in [-0.25, -0.2) is 8.78 Å². The highest BCUT2D eigenvalue weighted by atomic mass is 35.5. The molecule has 2 rings (SSSR count). The van der Waals surface area contributed by atoms with Crippen molar-refractivity contribution in [3.63, 3.8) is 0 Å². The molecule has 0 aliphatic carbocycles. The molecule has 1 aliphatic rings. The first-order valence-corrected chi connectivity index (χ1v) is 5.96. The Morgan fingerprint density at radius 1 is 1.11 bits per heavy atom. The lowest BCUT2D eigenvalue weighted by Crippen LogP contribution is -2.39. The maximum absolute atomic E-state index is 13.0. The molecule has 1 aromatic carbocycles. The van der Waals surface area contributed by atoms with Gasteiger partial charge in [-0.2, -0.15) is 0 Å². The fraction of sp³-hybridized carbons (Fsp3) is 0.538. The summed E-state index contributed by atoms with van der Waals surface area (Å²) in [5.41, 5.74) is 7.84. The van der Waals surface area contributed by atoms with Gasteiger partial charge in [0, 0.05) is 37.7 Å². The summed E-state index contributed by atoms with van der Waals surface area (Å²) >= 11 is 0. The molecular formula is C13H20Cl2F2N2. The topological polar surface area (TPSA) is 29.3 Å². The Morgan fingerprint density at radius 3 is 2.00 bits per heavy atom. The summed E-state index contributed by atoms with van der Waals surface area (Å²) in [6.07, 6.45) is -0.107. The van der Waals surface area contributed by atoms with E-state index < -0.39 is 5.92 Å². The Morgan fingerprint density at radius 2 is 1.58 bits per heavy atom. The van der Waals surface area contributed by atoms with Gasteiger partial charge in [-0.3, -0.25) is 0 Å². The second-order valence-electron chi connectivity index (χ2n) is 4.72. The minimum atomic E-state index is -2.48. The average Bonchev–Trinajstić information content (AvgIpc) is 2.29. The number of hydrogen-bond acceptors (Lipinski definition) is 2. The number of piperidine rings is 1. The summed E-state index contributed by atoms with van der Waals surface area (Å²) in [5.74, 6) is -2.48. The van der Waals surface area contributed by atoms with Gasteiger partial charge in [0.1, 0.15) is 0 Å². The summed E-state index contributed by atoms with van der Waals surface area (Å²) in [4.78, 5) is 2.00. The van der Waals surface area contributed by atoms with Crippen LogP contribution in [0.2, 0.25) is 0 Å². The van der Waals surface area contributed by atoms with Crippen LogP contribution in [0.1, 0.15) is 31.4 Å². The Bertz CT molecular complexity index is 373. The van der Waals surface area contributed by atoms with Crippen LogP contribution in [0.5, 0.6) is 0 Å². The molecule has 1 aliphatic heterocycles. The first-order chi connectivity index (χ1) is 7.98. The molecule has 6 heteroatoms. The SMILES string of the molecule is CC(N)c1ccc(N2CCC(F)(F)CC2)cc1.Cl.Cl. The van der Waals surface area contributed by atoms with Crippen LogP contribution >= 0.6 is 24.8 Å². The number of anilines is 1. The van der Waals surface area contributed by atoms with Gasteiger partial charge in [0.25, 0.3) is 5.92 Å². The Hall–Kier alpha value is -0.580. The predicted octanol–water partition coefficient (Wildman–Crippen LogP) is 3.79. The molecule has 2 N–H and O–H groups in total. The smallest absolute Gasteiger partial charge is 0.251 e. The van der Waals surface area contributed by atoms with E-state index in [1.807, 2.05) is 36.1 Å². The van der Waals surface area contributed by atoms with Gasteiger partial charge in [0.05, 0.1) is 0 Å². The molecular weight excluding hydrogens is 293 g/mol. The van der Waals surface area contributed by atoms with Crippen LogP contribution in [-0.2, 0) is 0 Å². The molecule has 1 saturated heterocycles. The number of nitrogens with zero attached hydrogens (tertiary/aromatic N) is 1. The van der Waals surface area contributed by atoms with Crippen LogP contribution in [0.15, 0.2) is 24.3 Å². The maximum Gasteiger partial charge on any atom is 0.251 e. The number of alkyl halides is 2. The standard InChI is InChI=1S/C13H18F2N2.2ClH/c1-10(16)11-2-4-12(5-3-11)17-8-6-13(14,15)7-9-17;;/h2-5,10H,6-9,16H2,1H3;2*1H. The van der Waals surface area contributed by atoms with E-state index in [1.54, 1.807) is 0 Å². The molecule has 1 aromatic rings. The monoisotopic (exact) mass is 312 g/mol. The molecule has 0 bridgehead atoms. The van der Waals surface area contributed by atoms with Crippen LogP contribution in [0.4, 0.5) is 14.5 Å². The number of rotatable bonds is 2. The average molecular weight is 313 g/mol. The summed E-state index contributed by atoms with van der Waals surface area (Å²) in [5, 5.41) is 0. The predicted molar refractivity (Wildman–Crippen MR) is 79.9 cm³/mol. The van der Waals surface area contributed by atoms with E-state index in [1.165, 1.54) is 0 Å². The molecule has 19 heavy (non-hydrogen) atoms. The molecule has 0 saturated carbocycles. The van der Waals surface area contributed by atoms with Gasteiger partial charge >= 0.3 is 0 Å². The third kappa shape index (κ3) is 4.79. The van der Waals surface area contributed by atoms with Gasteiger partial charge in [-0.15, -0.1) is 24.8 Å². The van der Waals surface area contributed by atoms with Crippen LogP contribution in [-0.4, -0.2) is 19.0 Å². The van der Waals surface area contributed by atoms with Crippen LogP contribution in [0.3, 0.4) is 0 Å². The van der Waals surface area contributed by atoms with E-state index in [-0.39, 0.29) is 43.7 Å². The summed E-state index contributed by atoms with van der Waals surface area (Å²) in [6.45, 7) is 2.77. The van der Waals surface area contributed by atoms with Crippen molar-refractivity contribution in [2.24, 2.45) is 5.73 Å². The highest BCUT2D eigenvalue weighted by Crippen LogP contribution is 2.30. The zero-order valence-electron chi connectivity index (χ0n) is 10.8. The fourth-order valence-electron chi connectivity index (χ4n) is 2.08. The molecule has 110 valence electrons. The lowest BCUT2D eigenvalue weighted by Gasteiger charge is -2.33. The van der Waals surface area contributed by atoms with E-state index in [0.717, 1.165) is 11.3 Å². The Kier molecular flexibility index (Phi) is 7.05. The van der Waals surface area contributed by atoms with Crippen LogP contribution < -0.4 is 10.6 Å². The van der Waals surface area contributed by atoms with Gasteiger partial charge in [-0.05, 0) is 24.6 Å². The van der Waals surface area contributed by atoms with E-state index in [9.17, 15) is 8.78 Å². The van der Waals surface area contributed by atoms with E-state index in [0.29, 0.717) is 13.1 Å². The molecule has 0 aromatic heterocycles. The van der Waals surface area contributed by atoms with E-state index >= 15 is 0 Å². The van der Waals surface area contributed by atoms with Crippen molar-refractivity contribution in [1.82, 2.24) is 0 Å². The first-order valence-electron chi connectivity index (χ1n) is 5.96. The number of benzene rings is 1. The Labute approximate surface area is 125 Å². The van der Waals surface area contributed by atoms with Crippen molar-refractivity contribution in [3.05, 3.63) is 29.8 Å². The molecule has 0 radical (unpaired) electrons. The highest BCUT2D eigenvalue weighted by Gasteiger charge is 2.33. The fourth-order valence-corrected chi connectivity index (χ4v) is 2.08. The van der Waals surface area contributed by atoms with Crippen molar-refractivity contribution in [3.8, 4) is 0 Å². The van der Waals surface area contributed by atoms with Crippen molar-refractivity contribution >= 4 is 30.5 Å². The van der Waals surface area contributed by atoms with Crippen molar-refractivity contribution < 1.29 is 8.78 Å². The largest absolute Gasteiger partial charge is 0.371 e. The van der Waals surface area contributed by atoms with E-state index in [2.05, 4.69) is 0 Å². The normalized spacial score (nSPS) is 19.1. The third-order valence-corrected chi connectivity index (χ3v) is 3.28. The van der Waals surface area contributed by atoms with Crippen molar-refractivity contribution in [1.29, 1.82) is 0 Å². The third-order valence-electron chi connectivity index (χ3n) is 3.28.